The van der Waals surface area contributed by atoms with Gasteiger partial charge in [-0.15, -0.1) is 0 Å². The van der Waals surface area contributed by atoms with Crippen molar-refractivity contribution in [2.24, 2.45) is 5.10 Å². The minimum absolute atomic E-state index is 0.0108. The second kappa shape index (κ2) is 10.7. The van der Waals surface area contributed by atoms with Gasteiger partial charge in [0.25, 0.3) is 5.69 Å². The van der Waals surface area contributed by atoms with E-state index in [-0.39, 0.29) is 18.1 Å². The van der Waals surface area contributed by atoms with Gasteiger partial charge in [0.05, 0.1) is 22.7 Å². The first-order valence-electron chi connectivity index (χ1n) is 10.1. The highest BCUT2D eigenvalue weighted by Crippen LogP contribution is 2.37. The maximum atomic E-state index is 12.4. The summed E-state index contributed by atoms with van der Waals surface area (Å²) in [5, 5.41) is 15.6. The zero-order chi connectivity index (χ0) is 24.9. The Bertz CT molecular complexity index is 1430. The van der Waals surface area contributed by atoms with Gasteiger partial charge in [-0.25, -0.2) is 5.43 Å². The van der Waals surface area contributed by atoms with Crippen LogP contribution in [0, 0.1) is 10.1 Å². The third-order valence-electron chi connectivity index (χ3n) is 4.86. The van der Waals surface area contributed by atoms with Crippen LogP contribution in [0.5, 0.6) is 11.5 Å². The number of non-ortho nitro benzene ring substituents is 1. The van der Waals surface area contributed by atoms with E-state index in [0.29, 0.717) is 27.1 Å². The molecule has 0 bridgehead atoms. The van der Waals surface area contributed by atoms with E-state index in [1.54, 1.807) is 36.4 Å². The third-order valence-corrected chi connectivity index (χ3v) is 5.95. The van der Waals surface area contributed by atoms with E-state index in [0.717, 1.165) is 15.4 Å². The van der Waals surface area contributed by atoms with E-state index in [2.05, 4.69) is 42.4 Å². The standard InChI is InChI=1S/C24H17Br2N3O6/c1-33-21-9-15(8-19(26)23(21)34-13-14-2-5-18(6-3-14)29(31)32)12-27-28-24(30)22-11-16-10-17(25)4-7-20(16)35-22/h2-12H,13H2,1H3,(H,28,30)/b27-12+. The number of amides is 1. The van der Waals surface area contributed by atoms with Crippen molar-refractivity contribution in [2.75, 3.05) is 7.11 Å². The summed E-state index contributed by atoms with van der Waals surface area (Å²) < 4.78 is 18.3. The number of benzene rings is 3. The van der Waals surface area contributed by atoms with Crippen molar-refractivity contribution in [3.8, 4) is 11.5 Å². The molecule has 0 aliphatic rings. The largest absolute Gasteiger partial charge is 0.493 e. The summed E-state index contributed by atoms with van der Waals surface area (Å²) in [4.78, 5) is 22.7. The number of nitrogens with one attached hydrogen (secondary N) is 1. The fourth-order valence-electron chi connectivity index (χ4n) is 3.17. The Labute approximate surface area is 216 Å². The number of fused-ring (bicyclic) bond motifs is 1. The molecule has 4 rings (SSSR count). The van der Waals surface area contributed by atoms with Crippen molar-refractivity contribution in [3.05, 3.63) is 96.6 Å². The molecule has 1 aromatic heterocycles. The van der Waals surface area contributed by atoms with Gasteiger partial charge in [-0.05, 0) is 75.6 Å². The van der Waals surface area contributed by atoms with Crippen LogP contribution in [0.15, 0.2) is 79.1 Å². The third kappa shape index (κ3) is 5.87. The second-order valence-electron chi connectivity index (χ2n) is 7.24. The van der Waals surface area contributed by atoms with Gasteiger partial charge in [0, 0.05) is 22.0 Å². The monoisotopic (exact) mass is 601 g/mol. The molecule has 0 aliphatic heterocycles. The van der Waals surface area contributed by atoms with Crippen LogP contribution in [0.3, 0.4) is 0 Å². The summed E-state index contributed by atoms with van der Waals surface area (Å²) in [6, 6.07) is 16.6. The van der Waals surface area contributed by atoms with Gasteiger partial charge < -0.3 is 13.9 Å². The van der Waals surface area contributed by atoms with Gasteiger partial charge in [0.1, 0.15) is 12.2 Å². The van der Waals surface area contributed by atoms with Crippen molar-refractivity contribution in [1.29, 1.82) is 0 Å². The second-order valence-corrected chi connectivity index (χ2v) is 9.01. The summed E-state index contributed by atoms with van der Waals surface area (Å²) in [5.74, 6) is 0.559. The molecule has 0 spiro atoms. The Kier molecular flexibility index (Phi) is 7.47. The zero-order valence-corrected chi connectivity index (χ0v) is 21.3. The van der Waals surface area contributed by atoms with Gasteiger partial charge in [-0.3, -0.25) is 14.9 Å². The van der Waals surface area contributed by atoms with Crippen molar-refractivity contribution >= 4 is 60.6 Å². The van der Waals surface area contributed by atoms with Crippen molar-refractivity contribution < 1.29 is 23.6 Å². The fraction of sp³-hybridized carbons (Fsp3) is 0.0833. The number of methoxy groups -OCH3 is 1. The number of nitrogens with zero attached hydrogens (tertiary/aromatic N) is 2. The molecule has 0 fully saturated rings. The smallest absolute Gasteiger partial charge is 0.307 e. The number of hydrazone groups is 1. The number of hydrogen-bond acceptors (Lipinski definition) is 7. The predicted molar refractivity (Wildman–Crippen MR) is 137 cm³/mol. The molecule has 0 radical (unpaired) electrons. The van der Waals surface area contributed by atoms with Gasteiger partial charge >= 0.3 is 5.91 Å². The van der Waals surface area contributed by atoms with Crippen LogP contribution in [0.2, 0.25) is 0 Å². The normalized spacial score (nSPS) is 11.1. The van der Waals surface area contributed by atoms with Gasteiger partial charge in [0.2, 0.25) is 0 Å². The lowest BCUT2D eigenvalue weighted by Gasteiger charge is -2.13. The molecule has 0 aliphatic carbocycles. The van der Waals surface area contributed by atoms with Gasteiger partial charge in [-0.2, -0.15) is 5.10 Å². The van der Waals surface area contributed by atoms with Crippen LogP contribution in [0.25, 0.3) is 11.0 Å². The lowest BCUT2D eigenvalue weighted by Crippen LogP contribution is -2.16. The van der Waals surface area contributed by atoms with Gasteiger partial charge in [-0.1, -0.05) is 15.9 Å². The number of nitro benzene ring substituents is 1. The SMILES string of the molecule is COc1cc(/C=N/NC(=O)c2cc3cc(Br)ccc3o2)cc(Br)c1OCc1ccc([N+](=O)[O-])cc1. The number of ether oxygens (including phenoxy) is 2. The minimum atomic E-state index is -0.484. The molecule has 4 aromatic rings. The van der Waals surface area contributed by atoms with Crippen LogP contribution in [0.1, 0.15) is 21.7 Å². The molecule has 0 unspecified atom stereocenters. The highest BCUT2D eigenvalue weighted by Gasteiger charge is 2.14. The molecular weight excluding hydrogens is 586 g/mol. The Morgan fingerprint density at radius 3 is 2.63 bits per heavy atom. The lowest BCUT2D eigenvalue weighted by molar-refractivity contribution is -0.384. The highest BCUT2D eigenvalue weighted by molar-refractivity contribution is 9.10. The quantitative estimate of drug-likeness (QED) is 0.145. The Balaban J connectivity index is 1.42. The Morgan fingerprint density at radius 2 is 1.91 bits per heavy atom. The van der Waals surface area contributed by atoms with Crippen LogP contribution in [-0.2, 0) is 6.61 Å². The summed E-state index contributed by atoms with van der Waals surface area (Å²) in [6.45, 7) is 0.185. The van der Waals surface area contributed by atoms with E-state index >= 15 is 0 Å². The maximum Gasteiger partial charge on any atom is 0.307 e. The highest BCUT2D eigenvalue weighted by atomic mass is 79.9. The molecule has 35 heavy (non-hydrogen) atoms. The molecule has 3 aromatic carbocycles. The number of halogens is 2. The molecule has 9 nitrogen and oxygen atoms in total. The summed E-state index contributed by atoms with van der Waals surface area (Å²) in [5.41, 5.74) is 4.46. The first kappa shape index (κ1) is 24.4. The first-order chi connectivity index (χ1) is 16.8. The minimum Gasteiger partial charge on any atom is -0.493 e. The molecule has 0 saturated heterocycles. The molecule has 1 amide bonds. The van der Waals surface area contributed by atoms with E-state index in [9.17, 15) is 14.9 Å². The summed E-state index contributed by atoms with van der Waals surface area (Å²) in [7, 11) is 1.50. The molecule has 178 valence electrons. The summed E-state index contributed by atoms with van der Waals surface area (Å²) in [6.07, 6.45) is 1.46. The van der Waals surface area contributed by atoms with Crippen LogP contribution >= 0.6 is 31.9 Å². The summed E-state index contributed by atoms with van der Waals surface area (Å²) >= 11 is 6.85. The molecule has 11 heteroatoms. The number of furan rings is 1. The zero-order valence-electron chi connectivity index (χ0n) is 18.2. The number of rotatable bonds is 8. The molecule has 1 N–H and O–H groups in total. The van der Waals surface area contributed by atoms with Crippen LogP contribution < -0.4 is 14.9 Å². The Morgan fingerprint density at radius 1 is 1.14 bits per heavy atom. The van der Waals surface area contributed by atoms with Gasteiger partial charge in [0.15, 0.2) is 17.3 Å². The fourth-order valence-corrected chi connectivity index (χ4v) is 4.12. The molecule has 0 atom stereocenters. The number of nitro groups is 1. The molecular formula is C24H17Br2N3O6. The lowest BCUT2D eigenvalue weighted by atomic mass is 10.2. The van der Waals surface area contributed by atoms with Crippen molar-refractivity contribution in [1.82, 2.24) is 5.43 Å². The van der Waals surface area contributed by atoms with Crippen molar-refractivity contribution in [3.63, 3.8) is 0 Å². The topological polar surface area (TPSA) is 116 Å². The number of carbonyl (C=O) groups excluding carboxylic acids is 1. The maximum absolute atomic E-state index is 12.4. The Hall–Kier alpha value is -3.70. The number of carbonyl (C=O) groups is 1. The molecule has 0 saturated carbocycles. The predicted octanol–water partition coefficient (Wildman–Crippen LogP) is 6.22. The number of hydrogen-bond donors (Lipinski definition) is 1. The van der Waals surface area contributed by atoms with Crippen LogP contribution in [0.4, 0.5) is 5.69 Å². The van der Waals surface area contributed by atoms with E-state index in [1.807, 2.05) is 12.1 Å². The first-order valence-corrected chi connectivity index (χ1v) is 11.7. The average Bonchev–Trinajstić information content (AvgIpc) is 3.26. The van der Waals surface area contributed by atoms with Crippen LogP contribution in [-0.4, -0.2) is 24.2 Å². The van der Waals surface area contributed by atoms with E-state index in [1.165, 1.54) is 25.5 Å². The molecule has 1 heterocycles. The van der Waals surface area contributed by atoms with E-state index in [4.69, 9.17) is 13.9 Å². The van der Waals surface area contributed by atoms with E-state index < -0.39 is 10.8 Å². The van der Waals surface area contributed by atoms with Crippen molar-refractivity contribution in [2.45, 2.75) is 6.61 Å². The average molecular weight is 603 g/mol.